The first-order chi connectivity index (χ1) is 10.0. The van der Waals surface area contributed by atoms with E-state index in [1.54, 1.807) is 0 Å². The molecule has 1 heterocycles. The number of nitrogens with one attached hydrogen (secondary N) is 1. The second-order valence-electron chi connectivity index (χ2n) is 4.23. The number of rotatable bonds is 5. The van der Waals surface area contributed by atoms with Gasteiger partial charge in [0.15, 0.2) is 0 Å². The molecule has 5 atom stereocenters. The highest BCUT2D eigenvalue weighted by molar-refractivity contribution is 8.00. The molecule has 21 heavy (non-hydrogen) atoms. The Bertz CT molecular complexity index is 245. The minimum atomic E-state index is -1.33. The van der Waals surface area contributed by atoms with Crippen LogP contribution in [0.4, 0.5) is 0 Å². The molecule has 0 aromatic rings. The van der Waals surface area contributed by atoms with E-state index in [1.807, 2.05) is 0 Å². The van der Waals surface area contributed by atoms with Crippen molar-refractivity contribution in [3.05, 3.63) is 0 Å². The molecule has 0 aromatic carbocycles. The van der Waals surface area contributed by atoms with Gasteiger partial charge in [0.1, 0.15) is 29.9 Å². The van der Waals surface area contributed by atoms with Crippen LogP contribution in [0.25, 0.3) is 0 Å². The molecule has 1 aliphatic rings. The second-order valence-corrected chi connectivity index (χ2v) is 5.37. The van der Waals surface area contributed by atoms with E-state index in [2.05, 4.69) is 19.6 Å². The quantitative estimate of drug-likeness (QED) is 0.376. The number of aliphatic hydroxyl groups excluding tert-OH is 4. The fraction of sp³-hybridized carbons (Fsp3) is 0.923. The third-order valence-electron chi connectivity index (χ3n) is 2.69. The van der Waals surface area contributed by atoms with Crippen LogP contribution in [0.1, 0.15) is 26.7 Å². The van der Waals surface area contributed by atoms with Gasteiger partial charge in [0.2, 0.25) is 0 Å². The van der Waals surface area contributed by atoms with E-state index in [4.69, 9.17) is 15.3 Å². The third-order valence-corrected chi connectivity index (χ3v) is 3.77. The van der Waals surface area contributed by atoms with Crippen LogP contribution in [0.15, 0.2) is 0 Å². The molecule has 1 fully saturated rings. The van der Waals surface area contributed by atoms with Crippen molar-refractivity contribution in [1.82, 2.24) is 0 Å². The molecule has 0 bridgehead atoms. The fourth-order valence-corrected chi connectivity index (χ4v) is 2.21. The molecule has 0 spiro atoms. The molecule has 128 valence electrons. The summed E-state index contributed by atoms with van der Waals surface area (Å²) in [5.74, 6) is 0.336. The average molecular weight is 326 g/mol. The number of hydrogen-bond donors (Lipinski definition) is 6. The number of thioether (sulfide) groups is 1. The SMILES string of the molecule is CCCC.CN.N=CCSC1OC(CO)C(O)C(O)C1O. The van der Waals surface area contributed by atoms with Crippen molar-refractivity contribution in [2.75, 3.05) is 19.4 Å². The summed E-state index contributed by atoms with van der Waals surface area (Å²) < 4.78 is 5.18. The lowest BCUT2D eigenvalue weighted by Gasteiger charge is -2.39. The van der Waals surface area contributed by atoms with Gasteiger partial charge in [0, 0.05) is 12.0 Å². The van der Waals surface area contributed by atoms with Gasteiger partial charge in [-0.25, -0.2) is 0 Å². The molecule has 1 rings (SSSR count). The Morgan fingerprint density at radius 2 is 1.62 bits per heavy atom. The molecule has 5 unspecified atom stereocenters. The van der Waals surface area contributed by atoms with E-state index in [9.17, 15) is 15.3 Å². The standard InChI is InChI=1S/C8H15NO5S.C4H10.CH5N/c9-1-2-15-8-7(13)6(12)5(11)4(3-10)14-8;1-3-4-2;1-2/h1,4-13H,2-3H2;3-4H2,1-2H3;2H2,1H3. The molecule has 0 saturated carbocycles. The lowest BCUT2D eigenvalue weighted by Crippen LogP contribution is -2.57. The number of hydrogen-bond acceptors (Lipinski definition) is 8. The zero-order valence-corrected chi connectivity index (χ0v) is 13.8. The van der Waals surface area contributed by atoms with Crippen LogP contribution in [0.5, 0.6) is 0 Å². The van der Waals surface area contributed by atoms with Crippen LogP contribution in [0, 0.1) is 5.41 Å². The van der Waals surface area contributed by atoms with E-state index in [1.165, 1.54) is 19.9 Å². The van der Waals surface area contributed by atoms with Gasteiger partial charge in [-0.3, -0.25) is 0 Å². The zero-order chi connectivity index (χ0) is 16.8. The van der Waals surface area contributed by atoms with E-state index in [-0.39, 0.29) is 0 Å². The van der Waals surface area contributed by atoms with Gasteiger partial charge in [0.25, 0.3) is 0 Å². The summed E-state index contributed by atoms with van der Waals surface area (Å²) in [7, 11) is 1.50. The summed E-state index contributed by atoms with van der Waals surface area (Å²) in [5, 5.41) is 44.1. The van der Waals surface area contributed by atoms with Gasteiger partial charge in [-0.2, -0.15) is 0 Å². The average Bonchev–Trinajstić information content (AvgIpc) is 2.54. The Morgan fingerprint density at radius 1 is 1.10 bits per heavy atom. The first kappa shape index (κ1) is 23.1. The highest BCUT2D eigenvalue weighted by atomic mass is 32.2. The summed E-state index contributed by atoms with van der Waals surface area (Å²) in [6.07, 6.45) is -0.952. The molecule has 0 aliphatic carbocycles. The van der Waals surface area contributed by atoms with Crippen molar-refractivity contribution in [2.24, 2.45) is 5.73 Å². The van der Waals surface area contributed by atoms with Crippen molar-refractivity contribution < 1.29 is 25.2 Å². The summed E-state index contributed by atoms with van der Waals surface area (Å²) >= 11 is 1.13. The molecular weight excluding hydrogens is 296 g/mol. The maximum Gasteiger partial charge on any atom is 0.132 e. The zero-order valence-electron chi connectivity index (χ0n) is 13.0. The highest BCUT2D eigenvalue weighted by Crippen LogP contribution is 2.27. The van der Waals surface area contributed by atoms with Crippen LogP contribution < -0.4 is 5.73 Å². The van der Waals surface area contributed by atoms with Gasteiger partial charge in [-0.05, 0) is 7.05 Å². The second kappa shape index (κ2) is 14.7. The van der Waals surface area contributed by atoms with Crippen molar-refractivity contribution in [1.29, 1.82) is 5.41 Å². The largest absolute Gasteiger partial charge is 0.394 e. The summed E-state index contributed by atoms with van der Waals surface area (Å²) in [4.78, 5) is 0. The lowest BCUT2D eigenvalue weighted by molar-refractivity contribution is -0.205. The molecule has 7 nitrogen and oxygen atoms in total. The monoisotopic (exact) mass is 326 g/mol. The van der Waals surface area contributed by atoms with Gasteiger partial charge in [0.05, 0.1) is 6.61 Å². The smallest absolute Gasteiger partial charge is 0.132 e. The molecular formula is C13H30N2O5S. The summed E-state index contributed by atoms with van der Waals surface area (Å²) in [6, 6.07) is 0. The van der Waals surface area contributed by atoms with Crippen molar-refractivity contribution in [3.8, 4) is 0 Å². The van der Waals surface area contributed by atoms with Crippen LogP contribution >= 0.6 is 11.8 Å². The molecule has 0 radical (unpaired) electrons. The van der Waals surface area contributed by atoms with Crippen LogP contribution in [-0.2, 0) is 4.74 Å². The fourth-order valence-electron chi connectivity index (χ4n) is 1.35. The number of unbranched alkanes of at least 4 members (excludes halogenated alkanes) is 1. The third kappa shape index (κ3) is 8.72. The molecule has 1 aliphatic heterocycles. The first-order valence-electron chi connectivity index (χ1n) is 7.02. The highest BCUT2D eigenvalue weighted by Gasteiger charge is 2.43. The minimum absolute atomic E-state index is 0.336. The van der Waals surface area contributed by atoms with Crippen molar-refractivity contribution >= 4 is 18.0 Å². The lowest BCUT2D eigenvalue weighted by atomic mass is 10.0. The van der Waals surface area contributed by atoms with E-state index < -0.39 is 36.5 Å². The minimum Gasteiger partial charge on any atom is -0.394 e. The Hall–Kier alpha value is -0.220. The van der Waals surface area contributed by atoms with E-state index in [0.717, 1.165) is 18.0 Å². The van der Waals surface area contributed by atoms with E-state index >= 15 is 0 Å². The van der Waals surface area contributed by atoms with Crippen molar-refractivity contribution in [3.63, 3.8) is 0 Å². The van der Waals surface area contributed by atoms with Gasteiger partial charge < -0.3 is 36.3 Å². The molecule has 1 saturated heterocycles. The summed E-state index contributed by atoms with van der Waals surface area (Å²) in [5.41, 5.74) is 3.77. The van der Waals surface area contributed by atoms with Crippen LogP contribution in [-0.4, -0.2) is 75.9 Å². The molecule has 0 amide bonds. The Kier molecular flexibility index (Phi) is 16.1. The normalized spacial score (nSPS) is 31.3. The Labute approximate surface area is 131 Å². The van der Waals surface area contributed by atoms with Crippen molar-refractivity contribution in [2.45, 2.75) is 56.5 Å². The van der Waals surface area contributed by atoms with Gasteiger partial charge in [-0.15, -0.1) is 11.8 Å². The molecule has 7 N–H and O–H groups in total. The topological polar surface area (TPSA) is 140 Å². The Morgan fingerprint density at radius 3 is 2.00 bits per heavy atom. The predicted octanol–water partition coefficient (Wildman–Crippen LogP) is -0.450. The maximum atomic E-state index is 9.54. The van der Waals surface area contributed by atoms with E-state index in [0.29, 0.717) is 5.75 Å². The van der Waals surface area contributed by atoms with Gasteiger partial charge >= 0.3 is 0 Å². The molecule has 0 aromatic heterocycles. The molecule has 8 heteroatoms. The van der Waals surface area contributed by atoms with Crippen LogP contribution in [0.2, 0.25) is 0 Å². The van der Waals surface area contributed by atoms with Gasteiger partial charge in [-0.1, -0.05) is 26.7 Å². The summed E-state index contributed by atoms with van der Waals surface area (Å²) in [6.45, 7) is 3.94. The maximum absolute atomic E-state index is 9.54. The number of aliphatic hydroxyl groups is 4. The Balaban J connectivity index is 0. The number of ether oxygens (including phenoxy) is 1. The predicted molar refractivity (Wildman–Crippen MR) is 85.7 cm³/mol. The first-order valence-corrected chi connectivity index (χ1v) is 8.07. The van der Waals surface area contributed by atoms with Crippen LogP contribution in [0.3, 0.4) is 0 Å². The number of nitrogens with two attached hydrogens (primary N) is 1.